The molecule has 1 atom stereocenters. The number of anilines is 1. The number of benzene rings is 2. The van der Waals surface area contributed by atoms with E-state index < -0.39 is 12.0 Å². The lowest BCUT2D eigenvalue weighted by Gasteiger charge is -2.19. The average molecular weight is 518 g/mol. The second-order valence-corrected chi connectivity index (χ2v) is 9.74. The fraction of sp³-hybridized carbons (Fsp3) is 0.214. The SMILES string of the molecule is Cc1cc(C(C)Nc2ccc(Cl)nc2C(=O)O)c2oc(-c3ccc4c(c3)CN(C)C4=O)c(C)c(=O)c2c1. The molecule has 0 radical (unpaired) electrons. The van der Waals surface area contributed by atoms with Gasteiger partial charge in [-0.2, -0.15) is 0 Å². The molecule has 1 amide bonds. The molecular weight excluding hydrogens is 494 g/mol. The van der Waals surface area contributed by atoms with Gasteiger partial charge in [-0.25, -0.2) is 9.78 Å². The number of halogens is 1. The Morgan fingerprint density at radius 2 is 1.92 bits per heavy atom. The Morgan fingerprint density at radius 1 is 1.16 bits per heavy atom. The molecule has 0 saturated carbocycles. The molecule has 37 heavy (non-hydrogen) atoms. The van der Waals surface area contributed by atoms with Crippen LogP contribution in [0.5, 0.6) is 0 Å². The maximum atomic E-state index is 13.5. The third-order valence-corrected chi connectivity index (χ3v) is 6.86. The summed E-state index contributed by atoms with van der Waals surface area (Å²) < 4.78 is 6.42. The molecule has 1 aliphatic rings. The Hall–Kier alpha value is -4.17. The van der Waals surface area contributed by atoms with Gasteiger partial charge in [0, 0.05) is 35.8 Å². The maximum absolute atomic E-state index is 13.5. The molecule has 0 saturated heterocycles. The minimum absolute atomic E-state index is 0.0340. The smallest absolute Gasteiger partial charge is 0.356 e. The molecule has 9 heteroatoms. The zero-order valence-electron chi connectivity index (χ0n) is 20.7. The highest BCUT2D eigenvalue weighted by Gasteiger charge is 2.26. The monoisotopic (exact) mass is 517 g/mol. The Kier molecular flexibility index (Phi) is 6.00. The fourth-order valence-corrected chi connectivity index (χ4v) is 4.95. The number of fused-ring (bicyclic) bond motifs is 2. The minimum atomic E-state index is -1.21. The first-order chi connectivity index (χ1) is 17.5. The second-order valence-electron chi connectivity index (χ2n) is 9.35. The number of nitrogens with zero attached hydrogens (tertiary/aromatic N) is 2. The summed E-state index contributed by atoms with van der Waals surface area (Å²) in [5.41, 5.74) is 4.60. The Balaban J connectivity index is 1.65. The van der Waals surface area contributed by atoms with Crippen molar-refractivity contribution in [1.82, 2.24) is 9.88 Å². The van der Waals surface area contributed by atoms with E-state index in [1.54, 1.807) is 43.1 Å². The Labute approximate surface area is 217 Å². The van der Waals surface area contributed by atoms with E-state index in [1.807, 2.05) is 26.0 Å². The number of rotatable bonds is 5. The van der Waals surface area contributed by atoms with Gasteiger partial charge in [0.05, 0.1) is 17.1 Å². The number of hydrogen-bond donors (Lipinski definition) is 2. The maximum Gasteiger partial charge on any atom is 0.356 e. The number of aryl methyl sites for hydroxylation is 1. The lowest BCUT2D eigenvalue weighted by molar-refractivity contribution is 0.0691. The Morgan fingerprint density at radius 3 is 2.65 bits per heavy atom. The van der Waals surface area contributed by atoms with Crippen LogP contribution in [0.15, 0.2) is 51.7 Å². The molecule has 1 aliphatic heterocycles. The minimum Gasteiger partial charge on any atom is -0.476 e. The van der Waals surface area contributed by atoms with Gasteiger partial charge >= 0.3 is 5.97 Å². The van der Waals surface area contributed by atoms with Crippen LogP contribution in [0.3, 0.4) is 0 Å². The molecule has 5 rings (SSSR count). The van der Waals surface area contributed by atoms with Gasteiger partial charge in [0.15, 0.2) is 11.1 Å². The van der Waals surface area contributed by atoms with Crippen molar-refractivity contribution in [2.45, 2.75) is 33.4 Å². The molecule has 8 nitrogen and oxygen atoms in total. The van der Waals surface area contributed by atoms with E-state index in [1.165, 1.54) is 6.07 Å². The summed E-state index contributed by atoms with van der Waals surface area (Å²) in [5.74, 6) is -0.816. The molecule has 4 aromatic rings. The van der Waals surface area contributed by atoms with Crippen LogP contribution in [0.4, 0.5) is 5.69 Å². The molecule has 3 heterocycles. The van der Waals surface area contributed by atoms with Gasteiger partial charge < -0.3 is 19.7 Å². The van der Waals surface area contributed by atoms with E-state index in [4.69, 9.17) is 16.0 Å². The lowest BCUT2D eigenvalue weighted by atomic mass is 9.97. The number of aromatic carboxylic acids is 1. The molecule has 0 bridgehead atoms. The highest BCUT2D eigenvalue weighted by atomic mass is 35.5. The summed E-state index contributed by atoms with van der Waals surface area (Å²) in [4.78, 5) is 43.1. The third kappa shape index (κ3) is 4.23. The number of carbonyl (C=O) groups excluding carboxylic acids is 1. The van der Waals surface area contributed by atoms with Crippen LogP contribution in [-0.2, 0) is 6.54 Å². The van der Waals surface area contributed by atoms with Crippen LogP contribution >= 0.6 is 11.6 Å². The molecular formula is C28H24ClN3O5. The van der Waals surface area contributed by atoms with Gasteiger partial charge in [-0.3, -0.25) is 9.59 Å². The third-order valence-electron chi connectivity index (χ3n) is 6.65. The number of amides is 1. The largest absolute Gasteiger partial charge is 0.476 e. The number of carbonyl (C=O) groups is 2. The first kappa shape index (κ1) is 24.5. The van der Waals surface area contributed by atoms with Crippen LogP contribution in [0.25, 0.3) is 22.3 Å². The molecule has 0 aliphatic carbocycles. The van der Waals surface area contributed by atoms with E-state index in [9.17, 15) is 19.5 Å². The van der Waals surface area contributed by atoms with E-state index in [0.29, 0.717) is 51.2 Å². The summed E-state index contributed by atoms with van der Waals surface area (Å²) in [6.45, 7) is 5.96. The number of aromatic nitrogens is 1. The Bertz CT molecular complexity index is 1680. The topological polar surface area (TPSA) is 113 Å². The summed E-state index contributed by atoms with van der Waals surface area (Å²) in [5, 5.41) is 13.3. The van der Waals surface area contributed by atoms with Crippen molar-refractivity contribution in [3.63, 3.8) is 0 Å². The van der Waals surface area contributed by atoms with E-state index in [2.05, 4.69) is 10.3 Å². The van der Waals surface area contributed by atoms with E-state index in [0.717, 1.165) is 11.1 Å². The van der Waals surface area contributed by atoms with Gasteiger partial charge in [0.25, 0.3) is 5.91 Å². The van der Waals surface area contributed by atoms with Crippen molar-refractivity contribution in [3.8, 4) is 11.3 Å². The van der Waals surface area contributed by atoms with Crippen molar-refractivity contribution in [1.29, 1.82) is 0 Å². The summed E-state index contributed by atoms with van der Waals surface area (Å²) in [7, 11) is 1.75. The van der Waals surface area contributed by atoms with Crippen LogP contribution in [0.1, 0.15) is 56.1 Å². The summed E-state index contributed by atoms with van der Waals surface area (Å²) in [6, 6.07) is 11.8. The quantitative estimate of drug-likeness (QED) is 0.332. The van der Waals surface area contributed by atoms with Gasteiger partial charge in [0.1, 0.15) is 16.5 Å². The average Bonchev–Trinajstić information content (AvgIpc) is 3.14. The van der Waals surface area contributed by atoms with Gasteiger partial charge in [-0.15, -0.1) is 0 Å². The normalized spacial score (nSPS) is 13.6. The summed E-state index contributed by atoms with van der Waals surface area (Å²) in [6.07, 6.45) is 0. The molecule has 0 fully saturated rings. The van der Waals surface area contributed by atoms with Crippen molar-refractivity contribution in [2.75, 3.05) is 12.4 Å². The van der Waals surface area contributed by atoms with E-state index in [-0.39, 0.29) is 22.2 Å². The number of carboxylic acid groups (broad SMARTS) is 1. The zero-order chi connectivity index (χ0) is 26.6. The van der Waals surface area contributed by atoms with Crippen LogP contribution in [0, 0.1) is 13.8 Å². The van der Waals surface area contributed by atoms with Crippen molar-refractivity contribution >= 4 is 40.1 Å². The zero-order valence-corrected chi connectivity index (χ0v) is 21.4. The first-order valence-corrected chi connectivity index (χ1v) is 12.1. The molecule has 2 aromatic heterocycles. The van der Waals surface area contributed by atoms with Crippen LogP contribution in [0.2, 0.25) is 5.15 Å². The lowest BCUT2D eigenvalue weighted by Crippen LogP contribution is -2.17. The molecule has 188 valence electrons. The second kappa shape index (κ2) is 9.05. The molecule has 2 N–H and O–H groups in total. The standard InChI is InChI=1S/C28H24ClN3O5/c1-13-9-19(15(3)30-21-7-8-22(29)31-23(21)28(35)36)26-20(10-13)24(33)14(2)25(37-26)16-5-6-18-17(11-16)12-32(4)27(18)34/h5-11,15,30H,12H2,1-4H3,(H,35,36). The molecule has 2 aromatic carbocycles. The van der Waals surface area contributed by atoms with Gasteiger partial charge in [-0.05, 0) is 62.2 Å². The highest BCUT2D eigenvalue weighted by molar-refractivity contribution is 6.29. The van der Waals surface area contributed by atoms with Gasteiger partial charge in [0.2, 0.25) is 0 Å². The molecule has 1 unspecified atom stereocenters. The predicted octanol–water partition coefficient (Wildman–Crippen LogP) is 5.58. The number of hydrogen-bond acceptors (Lipinski definition) is 6. The van der Waals surface area contributed by atoms with Crippen molar-refractivity contribution < 1.29 is 19.1 Å². The summed E-state index contributed by atoms with van der Waals surface area (Å²) >= 11 is 5.90. The predicted molar refractivity (Wildman–Crippen MR) is 141 cm³/mol. The van der Waals surface area contributed by atoms with Crippen LogP contribution < -0.4 is 10.7 Å². The van der Waals surface area contributed by atoms with E-state index >= 15 is 0 Å². The van der Waals surface area contributed by atoms with Crippen LogP contribution in [-0.4, -0.2) is 33.9 Å². The number of nitrogens with one attached hydrogen (secondary N) is 1. The highest BCUT2D eigenvalue weighted by Crippen LogP contribution is 2.34. The van der Waals surface area contributed by atoms with Crippen molar-refractivity contribution in [3.05, 3.63) is 91.4 Å². The first-order valence-electron chi connectivity index (χ1n) is 11.7. The van der Waals surface area contributed by atoms with Gasteiger partial charge in [-0.1, -0.05) is 23.7 Å². The number of carboxylic acids is 1. The fourth-order valence-electron chi connectivity index (χ4n) is 4.80. The van der Waals surface area contributed by atoms with Crippen molar-refractivity contribution in [2.24, 2.45) is 0 Å². The molecule has 0 spiro atoms. The number of pyridine rings is 1.